The van der Waals surface area contributed by atoms with Crippen LogP contribution in [0, 0.1) is 0 Å². The minimum atomic E-state index is -0.360. The lowest BCUT2D eigenvalue weighted by atomic mass is 10.1. The second-order valence-electron chi connectivity index (χ2n) is 4.02. The van der Waals surface area contributed by atoms with Crippen molar-refractivity contribution in [3.8, 4) is 0 Å². The fourth-order valence-electron chi connectivity index (χ4n) is 1.63. The number of carbonyl (C=O) groups is 1. The Morgan fingerprint density at radius 1 is 1.32 bits per heavy atom. The predicted octanol–water partition coefficient (Wildman–Crippen LogP) is 2.44. The molecule has 0 aliphatic heterocycles. The number of rotatable bonds is 4. The molecule has 19 heavy (non-hydrogen) atoms. The second-order valence-corrected chi connectivity index (χ2v) is 4.38. The normalized spacial score (nSPS) is 10.2. The zero-order valence-electron chi connectivity index (χ0n) is 10.5. The molecule has 2 rings (SSSR count). The quantitative estimate of drug-likeness (QED) is 0.636. The van der Waals surface area contributed by atoms with Gasteiger partial charge in [-0.05, 0) is 5.56 Å². The van der Waals surface area contributed by atoms with Crippen LogP contribution in [0.4, 0.5) is 0 Å². The average molecular weight is 277 g/mol. The number of hydrogen-bond donors (Lipinski definition) is 0. The van der Waals surface area contributed by atoms with E-state index < -0.39 is 0 Å². The summed E-state index contributed by atoms with van der Waals surface area (Å²) >= 11 is 6.04. The van der Waals surface area contributed by atoms with Crippen molar-refractivity contribution in [3.63, 3.8) is 0 Å². The number of methoxy groups -OCH3 is 1. The van der Waals surface area contributed by atoms with Crippen LogP contribution in [0.1, 0.15) is 17.0 Å². The van der Waals surface area contributed by atoms with Crippen LogP contribution >= 0.6 is 11.6 Å². The number of carbonyl (C=O) groups excluding carboxylic acids is 1. The third kappa shape index (κ3) is 3.76. The van der Waals surface area contributed by atoms with E-state index in [2.05, 4.69) is 14.7 Å². The predicted molar refractivity (Wildman–Crippen MR) is 72.0 cm³/mol. The Labute approximate surface area is 116 Å². The molecule has 0 bridgehead atoms. The van der Waals surface area contributed by atoms with Gasteiger partial charge in [0.15, 0.2) is 0 Å². The molecule has 0 spiro atoms. The van der Waals surface area contributed by atoms with Crippen molar-refractivity contribution in [2.45, 2.75) is 12.8 Å². The molecule has 2 aromatic rings. The SMILES string of the molecule is COC(=O)Cc1cnc(Cc2ccccc2)nc1Cl. The molecule has 0 radical (unpaired) electrons. The van der Waals surface area contributed by atoms with Gasteiger partial charge in [-0.1, -0.05) is 41.9 Å². The zero-order chi connectivity index (χ0) is 13.7. The van der Waals surface area contributed by atoms with Crippen LogP contribution in [0.5, 0.6) is 0 Å². The molecule has 0 fully saturated rings. The van der Waals surface area contributed by atoms with Gasteiger partial charge < -0.3 is 4.74 Å². The minimum absolute atomic E-state index is 0.0843. The van der Waals surface area contributed by atoms with Crippen molar-refractivity contribution in [1.82, 2.24) is 9.97 Å². The van der Waals surface area contributed by atoms with E-state index in [9.17, 15) is 4.79 Å². The van der Waals surface area contributed by atoms with Gasteiger partial charge in [-0.15, -0.1) is 0 Å². The van der Waals surface area contributed by atoms with Crippen LogP contribution in [0.2, 0.25) is 5.15 Å². The van der Waals surface area contributed by atoms with Crippen molar-refractivity contribution in [3.05, 3.63) is 58.6 Å². The molecule has 1 aromatic carbocycles. The van der Waals surface area contributed by atoms with E-state index in [1.807, 2.05) is 30.3 Å². The Bertz CT molecular complexity index is 573. The summed E-state index contributed by atoms with van der Waals surface area (Å²) in [5, 5.41) is 0.298. The van der Waals surface area contributed by atoms with E-state index >= 15 is 0 Å². The fraction of sp³-hybridized carbons (Fsp3) is 0.214. The van der Waals surface area contributed by atoms with Crippen molar-refractivity contribution < 1.29 is 9.53 Å². The molecule has 0 N–H and O–H groups in total. The first kappa shape index (κ1) is 13.5. The monoisotopic (exact) mass is 276 g/mol. The van der Waals surface area contributed by atoms with Crippen LogP contribution < -0.4 is 0 Å². The molecule has 98 valence electrons. The van der Waals surface area contributed by atoms with E-state index in [-0.39, 0.29) is 12.4 Å². The molecule has 1 aromatic heterocycles. The number of hydrogen-bond acceptors (Lipinski definition) is 4. The van der Waals surface area contributed by atoms with E-state index in [1.54, 1.807) is 6.20 Å². The van der Waals surface area contributed by atoms with Crippen molar-refractivity contribution in [2.75, 3.05) is 7.11 Å². The highest BCUT2D eigenvalue weighted by Crippen LogP contribution is 2.14. The largest absolute Gasteiger partial charge is 0.469 e. The van der Waals surface area contributed by atoms with Crippen molar-refractivity contribution >= 4 is 17.6 Å². The molecule has 0 aliphatic rings. The van der Waals surface area contributed by atoms with Gasteiger partial charge in [0, 0.05) is 18.2 Å². The van der Waals surface area contributed by atoms with Gasteiger partial charge >= 0.3 is 5.97 Å². The Hall–Kier alpha value is -1.94. The Balaban J connectivity index is 2.13. The van der Waals surface area contributed by atoms with E-state index in [0.29, 0.717) is 23.0 Å². The van der Waals surface area contributed by atoms with Crippen LogP contribution in [-0.4, -0.2) is 23.0 Å². The summed E-state index contributed by atoms with van der Waals surface area (Å²) in [4.78, 5) is 19.6. The Kier molecular flexibility index (Phi) is 4.47. The topological polar surface area (TPSA) is 52.1 Å². The zero-order valence-corrected chi connectivity index (χ0v) is 11.2. The first-order valence-electron chi connectivity index (χ1n) is 5.80. The molecular formula is C14H13ClN2O2. The van der Waals surface area contributed by atoms with Gasteiger partial charge in [0.1, 0.15) is 11.0 Å². The highest BCUT2D eigenvalue weighted by molar-refractivity contribution is 6.30. The fourth-order valence-corrected chi connectivity index (χ4v) is 1.84. The first-order valence-corrected chi connectivity index (χ1v) is 6.18. The van der Waals surface area contributed by atoms with Gasteiger partial charge in [0.05, 0.1) is 13.5 Å². The van der Waals surface area contributed by atoms with E-state index in [0.717, 1.165) is 5.56 Å². The first-order chi connectivity index (χ1) is 9.19. The van der Waals surface area contributed by atoms with Gasteiger partial charge in [-0.25, -0.2) is 9.97 Å². The highest BCUT2D eigenvalue weighted by atomic mass is 35.5. The lowest BCUT2D eigenvalue weighted by molar-refractivity contribution is -0.139. The molecule has 0 saturated heterocycles. The smallest absolute Gasteiger partial charge is 0.310 e. The lowest BCUT2D eigenvalue weighted by Gasteiger charge is -2.05. The summed E-state index contributed by atoms with van der Waals surface area (Å²) in [5.41, 5.74) is 1.68. The molecule has 4 nitrogen and oxygen atoms in total. The molecule has 5 heteroatoms. The van der Waals surface area contributed by atoms with E-state index in [4.69, 9.17) is 11.6 Å². The van der Waals surface area contributed by atoms with Crippen molar-refractivity contribution in [1.29, 1.82) is 0 Å². The summed E-state index contributed by atoms with van der Waals surface area (Å²) < 4.78 is 4.58. The number of nitrogens with zero attached hydrogens (tertiary/aromatic N) is 2. The van der Waals surface area contributed by atoms with E-state index in [1.165, 1.54) is 7.11 Å². The summed E-state index contributed by atoms with van der Waals surface area (Å²) in [5.74, 6) is 0.270. The number of ether oxygens (including phenoxy) is 1. The molecule has 0 aliphatic carbocycles. The number of esters is 1. The number of benzene rings is 1. The maximum absolute atomic E-state index is 11.2. The maximum Gasteiger partial charge on any atom is 0.310 e. The summed E-state index contributed by atoms with van der Waals surface area (Å²) in [6.07, 6.45) is 2.27. The number of aromatic nitrogens is 2. The second kappa shape index (κ2) is 6.29. The number of halogens is 1. The summed E-state index contributed by atoms with van der Waals surface area (Å²) in [6.45, 7) is 0. The standard InChI is InChI=1S/C14H13ClN2O2/c1-19-13(18)8-11-9-16-12(17-14(11)15)7-10-5-3-2-4-6-10/h2-6,9H,7-8H2,1H3. The Morgan fingerprint density at radius 2 is 2.05 bits per heavy atom. The lowest BCUT2D eigenvalue weighted by Crippen LogP contribution is -2.07. The van der Waals surface area contributed by atoms with Gasteiger partial charge in [0.25, 0.3) is 0 Å². The van der Waals surface area contributed by atoms with Crippen molar-refractivity contribution in [2.24, 2.45) is 0 Å². The van der Waals surface area contributed by atoms with Gasteiger partial charge in [-0.2, -0.15) is 0 Å². The third-order valence-electron chi connectivity index (χ3n) is 2.63. The third-order valence-corrected chi connectivity index (χ3v) is 2.96. The Morgan fingerprint density at radius 3 is 2.68 bits per heavy atom. The van der Waals surface area contributed by atoms with Crippen LogP contribution in [0.3, 0.4) is 0 Å². The highest BCUT2D eigenvalue weighted by Gasteiger charge is 2.10. The average Bonchev–Trinajstić information content (AvgIpc) is 2.43. The molecule has 0 unspecified atom stereocenters. The molecule has 0 atom stereocenters. The van der Waals surface area contributed by atoms with Gasteiger partial charge in [-0.3, -0.25) is 4.79 Å². The summed E-state index contributed by atoms with van der Waals surface area (Å²) in [6, 6.07) is 9.88. The maximum atomic E-state index is 11.2. The van der Waals surface area contributed by atoms with Crippen LogP contribution in [-0.2, 0) is 22.4 Å². The molecule has 0 saturated carbocycles. The molecule has 0 amide bonds. The summed E-state index contributed by atoms with van der Waals surface area (Å²) in [7, 11) is 1.33. The molecular weight excluding hydrogens is 264 g/mol. The van der Waals surface area contributed by atoms with Crippen LogP contribution in [0.15, 0.2) is 36.5 Å². The molecule has 1 heterocycles. The minimum Gasteiger partial charge on any atom is -0.469 e. The van der Waals surface area contributed by atoms with Gasteiger partial charge in [0.2, 0.25) is 0 Å². The van der Waals surface area contributed by atoms with Crippen LogP contribution in [0.25, 0.3) is 0 Å².